The average molecular weight is 285 g/mol. The van der Waals surface area contributed by atoms with Gasteiger partial charge in [0, 0.05) is 17.6 Å². The second-order valence-corrected chi connectivity index (χ2v) is 5.79. The Bertz CT molecular complexity index is 608. The van der Waals surface area contributed by atoms with Crippen LogP contribution in [0.1, 0.15) is 19.8 Å². The van der Waals surface area contributed by atoms with Gasteiger partial charge in [0.05, 0.1) is 7.11 Å². The molecule has 2 heterocycles. The van der Waals surface area contributed by atoms with E-state index in [1.807, 2.05) is 18.3 Å². The first-order valence-electron chi connectivity index (χ1n) is 7.68. The van der Waals surface area contributed by atoms with E-state index in [0.29, 0.717) is 12.0 Å². The zero-order valence-corrected chi connectivity index (χ0v) is 12.7. The van der Waals surface area contributed by atoms with Gasteiger partial charge in [-0.2, -0.15) is 0 Å². The first kappa shape index (κ1) is 14.1. The van der Waals surface area contributed by atoms with Crippen LogP contribution in [0, 0.1) is 5.92 Å². The normalized spacial score (nSPS) is 20.2. The predicted octanol–water partition coefficient (Wildman–Crippen LogP) is 3.04. The Morgan fingerprint density at radius 1 is 1.38 bits per heavy atom. The molecule has 1 aliphatic heterocycles. The molecule has 2 atom stereocenters. The Morgan fingerprint density at radius 2 is 2.29 bits per heavy atom. The van der Waals surface area contributed by atoms with Gasteiger partial charge in [-0.15, -0.1) is 0 Å². The van der Waals surface area contributed by atoms with Gasteiger partial charge in [-0.25, -0.2) is 4.98 Å². The van der Waals surface area contributed by atoms with Crippen molar-refractivity contribution in [2.45, 2.75) is 25.8 Å². The molecule has 2 unspecified atom stereocenters. The number of fused-ring (bicyclic) bond motifs is 1. The van der Waals surface area contributed by atoms with Crippen LogP contribution in [0.15, 0.2) is 30.5 Å². The van der Waals surface area contributed by atoms with Crippen molar-refractivity contribution in [2.75, 3.05) is 25.5 Å². The molecule has 0 aliphatic carbocycles. The van der Waals surface area contributed by atoms with E-state index >= 15 is 0 Å². The number of hydrogen-bond acceptors (Lipinski definition) is 4. The van der Waals surface area contributed by atoms with Crippen molar-refractivity contribution in [3.8, 4) is 5.75 Å². The number of nitrogens with one attached hydrogen (secondary N) is 2. The lowest BCUT2D eigenvalue weighted by molar-refractivity contribution is 0.347. The van der Waals surface area contributed by atoms with Crippen LogP contribution in [-0.2, 0) is 0 Å². The molecule has 3 rings (SSSR count). The van der Waals surface area contributed by atoms with E-state index in [1.165, 1.54) is 18.2 Å². The van der Waals surface area contributed by atoms with Gasteiger partial charge in [-0.3, -0.25) is 0 Å². The maximum Gasteiger partial charge on any atom is 0.134 e. The van der Waals surface area contributed by atoms with Gasteiger partial charge in [0.1, 0.15) is 11.6 Å². The summed E-state index contributed by atoms with van der Waals surface area (Å²) in [6.45, 7) is 4.48. The minimum Gasteiger partial charge on any atom is -0.497 e. The summed E-state index contributed by atoms with van der Waals surface area (Å²) in [4.78, 5) is 4.53. The number of methoxy groups -OCH3 is 1. The molecule has 1 aromatic carbocycles. The lowest BCUT2D eigenvalue weighted by Gasteiger charge is -2.29. The van der Waals surface area contributed by atoms with E-state index in [0.717, 1.165) is 30.0 Å². The summed E-state index contributed by atoms with van der Waals surface area (Å²) in [6.07, 6.45) is 4.39. The highest BCUT2D eigenvalue weighted by Crippen LogP contribution is 2.27. The monoisotopic (exact) mass is 285 g/mol. The standard InChI is InChI=1S/C17H23N3O/c1-12(14-4-3-8-18-11-14)20-17-16-10-15(21-2)6-5-13(16)7-9-19-17/h5-7,9-10,12,14,18H,3-4,8,11H2,1-2H3,(H,19,20). The Morgan fingerprint density at radius 3 is 3.05 bits per heavy atom. The van der Waals surface area contributed by atoms with E-state index in [1.54, 1.807) is 7.11 Å². The van der Waals surface area contributed by atoms with Crippen molar-refractivity contribution in [1.82, 2.24) is 10.3 Å². The lowest BCUT2D eigenvalue weighted by atomic mass is 9.93. The molecule has 112 valence electrons. The Hall–Kier alpha value is -1.81. The molecule has 0 spiro atoms. The summed E-state index contributed by atoms with van der Waals surface area (Å²) in [6, 6.07) is 8.56. The number of aromatic nitrogens is 1. The number of ether oxygens (including phenoxy) is 1. The first-order valence-corrected chi connectivity index (χ1v) is 7.68. The minimum absolute atomic E-state index is 0.405. The zero-order chi connectivity index (χ0) is 14.7. The van der Waals surface area contributed by atoms with Crippen LogP contribution in [0.25, 0.3) is 10.8 Å². The van der Waals surface area contributed by atoms with Crippen LogP contribution in [0.4, 0.5) is 5.82 Å². The SMILES string of the molecule is COc1ccc2ccnc(NC(C)C3CCCNC3)c2c1. The maximum atomic E-state index is 5.33. The van der Waals surface area contributed by atoms with E-state index in [-0.39, 0.29) is 0 Å². The maximum absolute atomic E-state index is 5.33. The fourth-order valence-electron chi connectivity index (χ4n) is 3.03. The van der Waals surface area contributed by atoms with Crippen LogP contribution in [0.3, 0.4) is 0 Å². The second-order valence-electron chi connectivity index (χ2n) is 5.79. The summed E-state index contributed by atoms with van der Waals surface area (Å²) in [5.74, 6) is 2.47. The van der Waals surface area contributed by atoms with Crippen LogP contribution >= 0.6 is 0 Å². The van der Waals surface area contributed by atoms with Crippen molar-refractivity contribution in [1.29, 1.82) is 0 Å². The van der Waals surface area contributed by atoms with Gasteiger partial charge in [0.25, 0.3) is 0 Å². The summed E-state index contributed by atoms with van der Waals surface area (Å²) >= 11 is 0. The molecular formula is C17H23N3O. The number of piperidine rings is 1. The number of nitrogens with zero attached hydrogens (tertiary/aromatic N) is 1. The van der Waals surface area contributed by atoms with Crippen molar-refractivity contribution < 1.29 is 4.74 Å². The number of benzene rings is 1. The highest BCUT2D eigenvalue weighted by atomic mass is 16.5. The van der Waals surface area contributed by atoms with E-state index in [2.05, 4.69) is 34.7 Å². The Kier molecular flexibility index (Phi) is 4.25. The van der Waals surface area contributed by atoms with Crippen molar-refractivity contribution in [3.63, 3.8) is 0 Å². The van der Waals surface area contributed by atoms with E-state index in [4.69, 9.17) is 4.74 Å². The topological polar surface area (TPSA) is 46.2 Å². The number of anilines is 1. The molecule has 0 saturated carbocycles. The van der Waals surface area contributed by atoms with Gasteiger partial charge in [0.2, 0.25) is 0 Å². The number of rotatable bonds is 4. The van der Waals surface area contributed by atoms with Gasteiger partial charge in [-0.05, 0) is 62.4 Å². The second kappa shape index (κ2) is 6.31. The van der Waals surface area contributed by atoms with Crippen molar-refractivity contribution in [2.24, 2.45) is 5.92 Å². The average Bonchev–Trinajstić information content (AvgIpc) is 2.55. The molecule has 0 radical (unpaired) electrons. The molecule has 1 saturated heterocycles. The predicted molar refractivity (Wildman–Crippen MR) is 87.0 cm³/mol. The lowest BCUT2D eigenvalue weighted by Crippen LogP contribution is -2.38. The van der Waals surface area contributed by atoms with Crippen molar-refractivity contribution in [3.05, 3.63) is 30.5 Å². The van der Waals surface area contributed by atoms with Gasteiger partial charge >= 0.3 is 0 Å². The summed E-state index contributed by atoms with van der Waals surface area (Å²) in [5, 5.41) is 9.38. The largest absolute Gasteiger partial charge is 0.497 e. The molecule has 4 nitrogen and oxygen atoms in total. The minimum atomic E-state index is 0.405. The fourth-order valence-corrected chi connectivity index (χ4v) is 3.03. The zero-order valence-electron chi connectivity index (χ0n) is 12.7. The Labute approximate surface area is 125 Å². The number of hydrogen-bond donors (Lipinski definition) is 2. The van der Waals surface area contributed by atoms with E-state index in [9.17, 15) is 0 Å². The smallest absolute Gasteiger partial charge is 0.134 e. The van der Waals surface area contributed by atoms with Crippen LogP contribution < -0.4 is 15.4 Å². The molecule has 1 fully saturated rings. The first-order chi connectivity index (χ1) is 10.3. The number of pyridine rings is 1. The molecule has 2 aromatic rings. The molecule has 0 bridgehead atoms. The summed E-state index contributed by atoms with van der Waals surface area (Å²) in [7, 11) is 1.70. The van der Waals surface area contributed by atoms with Gasteiger partial charge < -0.3 is 15.4 Å². The molecule has 0 amide bonds. The summed E-state index contributed by atoms with van der Waals surface area (Å²) < 4.78 is 5.33. The molecule has 21 heavy (non-hydrogen) atoms. The highest BCUT2D eigenvalue weighted by Gasteiger charge is 2.20. The third-order valence-corrected chi connectivity index (χ3v) is 4.38. The van der Waals surface area contributed by atoms with E-state index < -0.39 is 0 Å². The molecule has 1 aromatic heterocycles. The third kappa shape index (κ3) is 3.10. The molecule has 4 heteroatoms. The van der Waals surface area contributed by atoms with Gasteiger partial charge in [-0.1, -0.05) is 6.07 Å². The quantitative estimate of drug-likeness (QED) is 0.906. The highest BCUT2D eigenvalue weighted by molar-refractivity contribution is 5.92. The third-order valence-electron chi connectivity index (χ3n) is 4.38. The van der Waals surface area contributed by atoms with Gasteiger partial charge in [0.15, 0.2) is 0 Å². The molecular weight excluding hydrogens is 262 g/mol. The fraction of sp³-hybridized carbons (Fsp3) is 0.471. The molecule has 1 aliphatic rings. The van der Waals surface area contributed by atoms with Crippen LogP contribution in [0.2, 0.25) is 0 Å². The van der Waals surface area contributed by atoms with Crippen molar-refractivity contribution >= 4 is 16.6 Å². The summed E-state index contributed by atoms with van der Waals surface area (Å²) in [5.41, 5.74) is 0. The van der Waals surface area contributed by atoms with Crippen LogP contribution in [0.5, 0.6) is 5.75 Å². The molecule has 2 N–H and O–H groups in total. The van der Waals surface area contributed by atoms with Crippen LogP contribution in [-0.4, -0.2) is 31.2 Å². The Balaban J connectivity index is 1.85.